The van der Waals surface area contributed by atoms with Gasteiger partial charge in [0.2, 0.25) is 0 Å². The van der Waals surface area contributed by atoms with Crippen molar-refractivity contribution in [3.8, 4) is 11.5 Å². The van der Waals surface area contributed by atoms with Gasteiger partial charge < -0.3 is 25.6 Å². The molecule has 0 aliphatic carbocycles. The van der Waals surface area contributed by atoms with Crippen LogP contribution in [0, 0.1) is 5.92 Å². The third kappa shape index (κ3) is 3.39. The second kappa shape index (κ2) is 6.56. The zero-order valence-electron chi connectivity index (χ0n) is 10.8. The van der Waals surface area contributed by atoms with E-state index in [1.54, 1.807) is 6.07 Å². The number of phenolic OH excluding ortho intramolecular Hbond substituents is 1. The average Bonchev–Trinajstić information content (AvgIpc) is 2.81. The number of phenols is 1. The molecule has 1 heterocycles. The van der Waals surface area contributed by atoms with Gasteiger partial charge >= 0.3 is 0 Å². The summed E-state index contributed by atoms with van der Waals surface area (Å²) in [6.07, 6.45) is -0.278. The first kappa shape index (κ1) is 14.6. The molecule has 1 saturated heterocycles. The molecular weight excluding hydrogens is 312 g/mol. The average molecular weight is 331 g/mol. The van der Waals surface area contributed by atoms with Crippen LogP contribution in [0.15, 0.2) is 16.6 Å². The molecule has 2 unspecified atom stereocenters. The Balaban J connectivity index is 1.91. The standard InChI is InChI=1S/C13H19BrN2O3/c1-19-11-3-2-8(12(14)13(11)18)4-15-5-9-6-16-7-10(9)17/h2-3,9-10,15-18H,4-7H2,1H3. The lowest BCUT2D eigenvalue weighted by atomic mass is 10.1. The zero-order chi connectivity index (χ0) is 13.8. The minimum atomic E-state index is -0.278. The minimum absolute atomic E-state index is 0.115. The second-order valence-electron chi connectivity index (χ2n) is 4.71. The molecule has 0 saturated carbocycles. The fourth-order valence-electron chi connectivity index (χ4n) is 2.21. The summed E-state index contributed by atoms with van der Waals surface area (Å²) in [6.45, 7) is 2.87. The van der Waals surface area contributed by atoms with Crippen LogP contribution >= 0.6 is 15.9 Å². The highest BCUT2D eigenvalue weighted by atomic mass is 79.9. The normalized spacial score (nSPS) is 22.7. The highest BCUT2D eigenvalue weighted by molar-refractivity contribution is 9.10. The smallest absolute Gasteiger partial charge is 0.172 e. The van der Waals surface area contributed by atoms with Crippen molar-refractivity contribution in [1.29, 1.82) is 0 Å². The number of aliphatic hydroxyl groups excluding tert-OH is 1. The molecule has 6 heteroatoms. The number of β-amino-alcohol motifs (C(OH)–C–C–N with tert-alkyl or cyclic N) is 1. The number of rotatable bonds is 5. The molecule has 0 aromatic heterocycles. The quantitative estimate of drug-likeness (QED) is 0.643. The van der Waals surface area contributed by atoms with Gasteiger partial charge in [0.05, 0.1) is 17.7 Å². The Bertz CT molecular complexity index is 442. The monoisotopic (exact) mass is 330 g/mol. The molecule has 1 fully saturated rings. The summed E-state index contributed by atoms with van der Waals surface area (Å²) in [7, 11) is 1.52. The van der Waals surface area contributed by atoms with Crippen molar-refractivity contribution in [3.63, 3.8) is 0 Å². The molecule has 1 aromatic rings. The third-order valence-corrected chi connectivity index (χ3v) is 4.29. The summed E-state index contributed by atoms with van der Waals surface area (Å²) in [5.74, 6) is 0.807. The van der Waals surface area contributed by atoms with Crippen molar-refractivity contribution in [2.45, 2.75) is 12.6 Å². The second-order valence-corrected chi connectivity index (χ2v) is 5.50. The first-order chi connectivity index (χ1) is 9.13. The highest BCUT2D eigenvalue weighted by Crippen LogP contribution is 2.36. The van der Waals surface area contributed by atoms with E-state index in [-0.39, 0.29) is 17.8 Å². The van der Waals surface area contributed by atoms with Crippen molar-refractivity contribution in [3.05, 3.63) is 22.2 Å². The van der Waals surface area contributed by atoms with Crippen molar-refractivity contribution in [2.75, 3.05) is 26.7 Å². The van der Waals surface area contributed by atoms with Crippen LogP contribution in [-0.2, 0) is 6.54 Å². The molecule has 2 atom stereocenters. The van der Waals surface area contributed by atoms with E-state index >= 15 is 0 Å². The van der Waals surface area contributed by atoms with E-state index in [2.05, 4.69) is 26.6 Å². The summed E-state index contributed by atoms with van der Waals surface area (Å²) in [6, 6.07) is 3.64. The molecule has 0 amide bonds. The lowest BCUT2D eigenvalue weighted by Crippen LogP contribution is -2.30. The van der Waals surface area contributed by atoms with Crippen molar-refractivity contribution >= 4 is 15.9 Å². The van der Waals surface area contributed by atoms with Gasteiger partial charge in [-0.3, -0.25) is 0 Å². The maximum absolute atomic E-state index is 9.88. The van der Waals surface area contributed by atoms with E-state index in [4.69, 9.17) is 4.74 Å². The molecule has 106 valence electrons. The van der Waals surface area contributed by atoms with Crippen LogP contribution in [0.5, 0.6) is 11.5 Å². The Labute approximate surface area is 121 Å². The summed E-state index contributed by atoms with van der Waals surface area (Å²) >= 11 is 3.37. The third-order valence-electron chi connectivity index (χ3n) is 3.41. The molecule has 19 heavy (non-hydrogen) atoms. The van der Waals surface area contributed by atoms with E-state index in [1.807, 2.05) is 6.07 Å². The maximum atomic E-state index is 9.88. The van der Waals surface area contributed by atoms with Crippen molar-refractivity contribution < 1.29 is 14.9 Å². The topological polar surface area (TPSA) is 73.8 Å². The van der Waals surface area contributed by atoms with Crippen molar-refractivity contribution in [2.24, 2.45) is 5.92 Å². The van der Waals surface area contributed by atoms with Gasteiger partial charge in [0.25, 0.3) is 0 Å². The van der Waals surface area contributed by atoms with Gasteiger partial charge in [0.15, 0.2) is 11.5 Å². The molecule has 1 aliphatic rings. The van der Waals surface area contributed by atoms with E-state index < -0.39 is 0 Å². The lowest BCUT2D eigenvalue weighted by Gasteiger charge is -2.15. The maximum Gasteiger partial charge on any atom is 0.172 e. The van der Waals surface area contributed by atoms with E-state index in [1.165, 1.54) is 7.11 Å². The van der Waals surface area contributed by atoms with Crippen LogP contribution < -0.4 is 15.4 Å². The Morgan fingerprint density at radius 2 is 2.26 bits per heavy atom. The predicted octanol–water partition coefficient (Wildman–Crippen LogP) is 0.833. The SMILES string of the molecule is COc1ccc(CNCC2CNCC2O)c(Br)c1O. The first-order valence-electron chi connectivity index (χ1n) is 6.27. The fraction of sp³-hybridized carbons (Fsp3) is 0.538. The number of benzene rings is 1. The summed E-state index contributed by atoms with van der Waals surface area (Å²) in [4.78, 5) is 0. The Morgan fingerprint density at radius 3 is 2.89 bits per heavy atom. The Morgan fingerprint density at radius 1 is 1.47 bits per heavy atom. The minimum Gasteiger partial charge on any atom is -0.503 e. The lowest BCUT2D eigenvalue weighted by molar-refractivity contribution is 0.146. The van der Waals surface area contributed by atoms with Gasteiger partial charge in [-0.25, -0.2) is 0 Å². The fourth-order valence-corrected chi connectivity index (χ4v) is 2.68. The Hall–Kier alpha value is -0.820. The van der Waals surface area contributed by atoms with Gasteiger partial charge in [-0.15, -0.1) is 0 Å². The van der Waals surface area contributed by atoms with E-state index in [0.29, 0.717) is 23.3 Å². The zero-order valence-corrected chi connectivity index (χ0v) is 12.4. The number of aliphatic hydroxyl groups is 1. The van der Waals surface area contributed by atoms with Crippen molar-refractivity contribution in [1.82, 2.24) is 10.6 Å². The number of hydrogen-bond donors (Lipinski definition) is 4. The van der Waals surface area contributed by atoms with Crippen LogP contribution in [-0.4, -0.2) is 43.1 Å². The summed E-state index contributed by atoms with van der Waals surface area (Å²) < 4.78 is 5.68. The van der Waals surface area contributed by atoms with Gasteiger partial charge in [0, 0.05) is 32.1 Å². The summed E-state index contributed by atoms with van der Waals surface area (Å²) in [5.41, 5.74) is 0.957. The van der Waals surface area contributed by atoms with Gasteiger partial charge in [-0.2, -0.15) is 0 Å². The molecule has 1 aliphatic heterocycles. The number of methoxy groups -OCH3 is 1. The first-order valence-corrected chi connectivity index (χ1v) is 7.06. The summed E-state index contributed by atoms with van der Waals surface area (Å²) in [5, 5.41) is 26.0. The molecule has 0 bridgehead atoms. The van der Waals surface area contributed by atoms with Gasteiger partial charge in [0.1, 0.15) is 0 Å². The number of aromatic hydroxyl groups is 1. The van der Waals surface area contributed by atoms with Gasteiger partial charge in [-0.1, -0.05) is 6.07 Å². The molecule has 4 N–H and O–H groups in total. The predicted molar refractivity (Wildman–Crippen MR) is 76.4 cm³/mol. The van der Waals surface area contributed by atoms with Crippen LogP contribution in [0.2, 0.25) is 0 Å². The molecule has 0 spiro atoms. The number of ether oxygens (including phenoxy) is 1. The number of hydrogen-bond acceptors (Lipinski definition) is 5. The van der Waals surface area contributed by atoms with Crippen LogP contribution in [0.4, 0.5) is 0 Å². The largest absolute Gasteiger partial charge is 0.503 e. The Kier molecular flexibility index (Phi) is 5.04. The number of halogens is 1. The molecule has 2 rings (SSSR count). The molecular formula is C13H19BrN2O3. The van der Waals surface area contributed by atoms with Crippen LogP contribution in [0.1, 0.15) is 5.56 Å². The molecule has 5 nitrogen and oxygen atoms in total. The van der Waals surface area contributed by atoms with Crippen LogP contribution in [0.25, 0.3) is 0 Å². The van der Waals surface area contributed by atoms with E-state index in [0.717, 1.165) is 18.7 Å². The van der Waals surface area contributed by atoms with Gasteiger partial charge in [-0.05, 0) is 27.6 Å². The van der Waals surface area contributed by atoms with E-state index in [9.17, 15) is 10.2 Å². The molecule has 0 radical (unpaired) electrons. The number of nitrogens with one attached hydrogen (secondary N) is 2. The highest BCUT2D eigenvalue weighted by Gasteiger charge is 2.24. The van der Waals surface area contributed by atoms with Crippen LogP contribution in [0.3, 0.4) is 0 Å². The molecule has 1 aromatic carbocycles.